The summed E-state index contributed by atoms with van der Waals surface area (Å²) in [6.45, 7) is -0.0979. The summed E-state index contributed by atoms with van der Waals surface area (Å²) in [5.41, 5.74) is -1.95. The molecule has 0 aromatic rings. The Morgan fingerprint density at radius 1 is 0.750 bits per heavy atom. The minimum absolute atomic E-state index is 0.0489. The van der Waals surface area contributed by atoms with E-state index in [1.807, 2.05) is 0 Å². The molecular weight excluding hydrogens is 264 g/mol. The Balaban J connectivity index is 3.15. The van der Waals surface area contributed by atoms with Gasteiger partial charge >= 0.3 is 0 Å². The first kappa shape index (κ1) is 15.6. The van der Waals surface area contributed by atoms with E-state index in [0.717, 1.165) is 0 Å². The predicted molar refractivity (Wildman–Crippen MR) is 66.2 cm³/mol. The van der Waals surface area contributed by atoms with Crippen LogP contribution in [-0.4, -0.2) is 48.5 Å². The maximum Gasteiger partial charge on any atom is 0.235 e. The molecule has 1 fully saturated rings. The maximum atomic E-state index is 10.6. The van der Waals surface area contributed by atoms with Gasteiger partial charge in [0.05, 0.1) is 24.2 Å². The standard InChI is InChI=1S/C12H12N4O4/c17-7-13-5-11(15-9-19)2-1-3-12(4-11,16-10-20)6-14-8-18/h1-6H2. The van der Waals surface area contributed by atoms with Crippen LogP contribution in [0.25, 0.3) is 0 Å². The molecule has 1 aliphatic carbocycles. The van der Waals surface area contributed by atoms with Gasteiger partial charge in [-0.3, -0.25) is 0 Å². The van der Waals surface area contributed by atoms with Gasteiger partial charge in [-0.05, 0) is 19.3 Å². The number of hydrogen-bond donors (Lipinski definition) is 0. The van der Waals surface area contributed by atoms with E-state index < -0.39 is 11.1 Å². The zero-order valence-corrected chi connectivity index (χ0v) is 10.7. The van der Waals surface area contributed by atoms with Crippen LogP contribution in [0, 0.1) is 0 Å². The topological polar surface area (TPSA) is 118 Å². The van der Waals surface area contributed by atoms with Crippen molar-refractivity contribution in [1.82, 2.24) is 0 Å². The highest BCUT2D eigenvalue weighted by Gasteiger charge is 2.45. The largest absolute Gasteiger partial charge is 0.235 e. The Morgan fingerprint density at radius 2 is 1.20 bits per heavy atom. The fourth-order valence-electron chi connectivity index (χ4n) is 2.62. The Labute approximate surface area is 114 Å². The van der Waals surface area contributed by atoms with Gasteiger partial charge in [0, 0.05) is 6.42 Å². The molecular formula is C12H12N4O4. The zero-order valence-electron chi connectivity index (χ0n) is 10.7. The van der Waals surface area contributed by atoms with E-state index >= 15 is 0 Å². The van der Waals surface area contributed by atoms with Gasteiger partial charge in [-0.1, -0.05) is 0 Å². The van der Waals surface area contributed by atoms with E-state index in [1.165, 1.54) is 24.3 Å². The first-order valence-electron chi connectivity index (χ1n) is 5.91. The average molecular weight is 276 g/mol. The Morgan fingerprint density at radius 3 is 1.55 bits per heavy atom. The van der Waals surface area contributed by atoms with Crippen LogP contribution < -0.4 is 0 Å². The third kappa shape index (κ3) is 3.75. The average Bonchev–Trinajstić information content (AvgIpc) is 2.44. The summed E-state index contributed by atoms with van der Waals surface area (Å²) in [7, 11) is 0. The van der Waals surface area contributed by atoms with Crippen LogP contribution in [0.2, 0.25) is 0 Å². The second kappa shape index (κ2) is 7.19. The van der Waals surface area contributed by atoms with Gasteiger partial charge < -0.3 is 0 Å². The van der Waals surface area contributed by atoms with Gasteiger partial charge in [-0.25, -0.2) is 29.2 Å². The van der Waals surface area contributed by atoms with E-state index in [0.29, 0.717) is 19.3 Å². The van der Waals surface area contributed by atoms with Crippen molar-refractivity contribution in [3.8, 4) is 0 Å². The van der Waals surface area contributed by atoms with E-state index in [4.69, 9.17) is 0 Å². The number of hydrogen-bond acceptors (Lipinski definition) is 8. The monoisotopic (exact) mass is 276 g/mol. The van der Waals surface area contributed by atoms with Crippen LogP contribution >= 0.6 is 0 Å². The van der Waals surface area contributed by atoms with E-state index in [-0.39, 0.29) is 19.5 Å². The van der Waals surface area contributed by atoms with Gasteiger partial charge in [-0.15, -0.1) is 0 Å². The molecule has 0 aliphatic heterocycles. The first-order chi connectivity index (χ1) is 9.66. The van der Waals surface area contributed by atoms with Crippen molar-refractivity contribution in [2.24, 2.45) is 20.0 Å². The molecule has 1 saturated carbocycles. The Hall–Kier alpha value is -2.48. The smallest absolute Gasteiger partial charge is 0.211 e. The molecule has 2 unspecified atom stereocenters. The molecule has 20 heavy (non-hydrogen) atoms. The maximum absolute atomic E-state index is 10.6. The van der Waals surface area contributed by atoms with Gasteiger partial charge in [0.25, 0.3) is 0 Å². The molecule has 104 valence electrons. The third-order valence-electron chi connectivity index (χ3n) is 3.38. The van der Waals surface area contributed by atoms with Crippen molar-refractivity contribution >= 4 is 24.3 Å². The van der Waals surface area contributed by atoms with Crippen molar-refractivity contribution in [2.75, 3.05) is 13.1 Å². The Bertz CT molecular complexity index is 504. The summed E-state index contributed by atoms with van der Waals surface area (Å²) in [5.74, 6) is 0. The zero-order chi connectivity index (χ0) is 14.9. The molecule has 0 amide bonds. The minimum Gasteiger partial charge on any atom is -0.211 e. The lowest BCUT2D eigenvalue weighted by Crippen LogP contribution is -2.47. The molecule has 8 heteroatoms. The quantitative estimate of drug-likeness (QED) is 0.514. The van der Waals surface area contributed by atoms with Crippen molar-refractivity contribution in [1.29, 1.82) is 0 Å². The van der Waals surface area contributed by atoms with Crippen molar-refractivity contribution in [3.05, 3.63) is 0 Å². The number of carbonyl (C=O) groups excluding carboxylic acids is 4. The van der Waals surface area contributed by atoms with Crippen molar-refractivity contribution in [2.45, 2.75) is 36.8 Å². The fourth-order valence-corrected chi connectivity index (χ4v) is 2.62. The number of rotatable bonds is 6. The highest BCUT2D eigenvalue weighted by molar-refractivity contribution is 5.39. The second-order valence-electron chi connectivity index (χ2n) is 4.70. The van der Waals surface area contributed by atoms with Gasteiger partial charge in [0.1, 0.15) is 0 Å². The highest BCUT2D eigenvalue weighted by Crippen LogP contribution is 2.40. The molecule has 0 radical (unpaired) electrons. The first-order valence-corrected chi connectivity index (χ1v) is 5.91. The SMILES string of the molecule is O=C=NCC1(N=C=O)CCCC(CN=C=O)(N=C=O)C1. The van der Waals surface area contributed by atoms with Gasteiger partial charge in [-0.2, -0.15) is 9.98 Å². The molecule has 0 aromatic heterocycles. The molecule has 0 aromatic carbocycles. The van der Waals surface area contributed by atoms with Crippen LogP contribution in [0.1, 0.15) is 25.7 Å². The molecule has 8 nitrogen and oxygen atoms in total. The van der Waals surface area contributed by atoms with Crippen molar-refractivity contribution in [3.63, 3.8) is 0 Å². The van der Waals surface area contributed by atoms with Crippen LogP contribution in [0.4, 0.5) is 0 Å². The van der Waals surface area contributed by atoms with Crippen molar-refractivity contribution < 1.29 is 19.2 Å². The summed E-state index contributed by atoms with van der Waals surface area (Å²) < 4.78 is 0. The lowest BCUT2D eigenvalue weighted by atomic mass is 9.71. The molecule has 1 rings (SSSR count). The molecule has 0 saturated heterocycles. The lowest BCUT2D eigenvalue weighted by molar-refractivity contribution is 0.204. The third-order valence-corrected chi connectivity index (χ3v) is 3.38. The fraction of sp³-hybridized carbons (Fsp3) is 0.667. The van der Waals surface area contributed by atoms with Gasteiger partial charge in [0.15, 0.2) is 0 Å². The van der Waals surface area contributed by atoms with Crippen LogP contribution in [0.5, 0.6) is 0 Å². The summed E-state index contributed by atoms with van der Waals surface area (Å²) in [6.07, 6.45) is 7.43. The predicted octanol–water partition coefficient (Wildman–Crippen LogP) is 0.381. The summed E-state index contributed by atoms with van der Waals surface area (Å²) >= 11 is 0. The van der Waals surface area contributed by atoms with E-state index in [2.05, 4.69) is 20.0 Å². The molecule has 0 bridgehead atoms. The van der Waals surface area contributed by atoms with E-state index in [9.17, 15) is 19.2 Å². The lowest BCUT2D eigenvalue weighted by Gasteiger charge is -2.40. The molecule has 0 spiro atoms. The molecule has 1 aliphatic rings. The number of isocyanates is 4. The van der Waals surface area contributed by atoms with Crippen LogP contribution in [0.3, 0.4) is 0 Å². The van der Waals surface area contributed by atoms with Gasteiger partial charge in [0.2, 0.25) is 24.3 Å². The van der Waals surface area contributed by atoms with Crippen LogP contribution in [-0.2, 0) is 19.2 Å². The minimum atomic E-state index is -0.976. The number of nitrogens with zero attached hydrogens (tertiary/aromatic N) is 4. The summed E-state index contributed by atoms with van der Waals surface area (Å²) in [5, 5.41) is 0. The normalized spacial score (nSPS) is 28.0. The van der Waals surface area contributed by atoms with E-state index in [1.54, 1.807) is 0 Å². The second-order valence-corrected chi connectivity index (χ2v) is 4.70. The molecule has 0 heterocycles. The highest BCUT2D eigenvalue weighted by atomic mass is 16.1. The molecule has 2 atom stereocenters. The Kier molecular flexibility index (Phi) is 5.60. The number of aliphatic imine (C=N–C) groups is 4. The van der Waals surface area contributed by atoms with Crippen LogP contribution in [0.15, 0.2) is 20.0 Å². The summed E-state index contributed by atoms with van der Waals surface area (Å²) in [4.78, 5) is 56.1. The summed E-state index contributed by atoms with van der Waals surface area (Å²) in [6, 6.07) is 0. The molecule has 0 N–H and O–H groups in total.